The molecule has 3 heteroatoms. The van der Waals surface area contributed by atoms with E-state index < -0.39 is 0 Å². The molecule has 2 N–H and O–H groups in total. The number of carbonyl (C=O) groups excluding carboxylic acids is 1. The first-order valence-electron chi connectivity index (χ1n) is 3.24. The van der Waals surface area contributed by atoms with E-state index in [0.717, 1.165) is 6.42 Å². The Bertz CT molecular complexity index is 157. The second-order valence-corrected chi connectivity index (χ2v) is 2.80. The molecule has 0 spiro atoms. The minimum atomic E-state index is 0.0718. The summed E-state index contributed by atoms with van der Waals surface area (Å²) in [4.78, 5) is 10.8. The van der Waals surface area contributed by atoms with Crippen LogP contribution in [0.4, 0.5) is 0 Å². The lowest BCUT2D eigenvalue weighted by atomic mass is 10.2. The zero-order valence-electron chi connectivity index (χ0n) is 5.00. The number of aliphatic hydroxyl groups excluding tert-OH is 1. The Hall–Kier alpha value is -0.570. The van der Waals surface area contributed by atoms with Crippen molar-refractivity contribution < 1.29 is 9.90 Å². The summed E-state index contributed by atoms with van der Waals surface area (Å²) in [5.74, 6) is 0.851. The lowest BCUT2D eigenvalue weighted by Crippen LogP contribution is -2.32. The third-order valence-electron chi connectivity index (χ3n) is 2.22. The quantitative estimate of drug-likeness (QED) is 0.480. The van der Waals surface area contributed by atoms with Crippen molar-refractivity contribution in [2.45, 2.75) is 12.5 Å². The highest BCUT2D eigenvalue weighted by atomic mass is 16.3. The van der Waals surface area contributed by atoms with Crippen molar-refractivity contribution in [3.8, 4) is 0 Å². The SMILES string of the molecule is O=C1N[C@@H](CO)[C@H]2C[C@@H]12. The van der Waals surface area contributed by atoms with E-state index in [4.69, 9.17) is 5.11 Å². The predicted octanol–water partition coefficient (Wildman–Crippen LogP) is -0.887. The molecule has 1 aliphatic carbocycles. The molecule has 1 saturated carbocycles. The summed E-state index contributed by atoms with van der Waals surface area (Å²) in [5, 5.41) is 11.4. The van der Waals surface area contributed by atoms with Gasteiger partial charge >= 0.3 is 0 Å². The third-order valence-corrected chi connectivity index (χ3v) is 2.22. The maximum absolute atomic E-state index is 10.8. The number of amides is 1. The summed E-state index contributed by atoms with van der Waals surface area (Å²) in [6.07, 6.45) is 0.997. The van der Waals surface area contributed by atoms with Gasteiger partial charge in [0.05, 0.1) is 12.6 Å². The lowest BCUT2D eigenvalue weighted by molar-refractivity contribution is -0.121. The normalized spacial score (nSPS) is 46.3. The fraction of sp³-hybridized carbons (Fsp3) is 0.833. The Labute approximate surface area is 53.1 Å². The van der Waals surface area contributed by atoms with Crippen LogP contribution in [0.15, 0.2) is 0 Å². The molecule has 0 bridgehead atoms. The van der Waals surface area contributed by atoms with Crippen LogP contribution < -0.4 is 5.32 Å². The molecule has 1 amide bonds. The highest BCUT2D eigenvalue weighted by Crippen LogP contribution is 2.45. The van der Waals surface area contributed by atoms with E-state index in [0.29, 0.717) is 5.92 Å². The Morgan fingerprint density at radius 3 is 2.78 bits per heavy atom. The molecule has 50 valence electrons. The van der Waals surface area contributed by atoms with Gasteiger partial charge in [-0.2, -0.15) is 0 Å². The number of carbonyl (C=O) groups is 1. The van der Waals surface area contributed by atoms with Crippen molar-refractivity contribution in [1.82, 2.24) is 5.32 Å². The van der Waals surface area contributed by atoms with Crippen LogP contribution in [0.1, 0.15) is 6.42 Å². The van der Waals surface area contributed by atoms with Crippen molar-refractivity contribution in [3.63, 3.8) is 0 Å². The van der Waals surface area contributed by atoms with Gasteiger partial charge in [0.25, 0.3) is 0 Å². The van der Waals surface area contributed by atoms with Crippen LogP contribution in [0.5, 0.6) is 0 Å². The molecule has 0 radical (unpaired) electrons. The molecule has 0 aromatic rings. The number of rotatable bonds is 1. The van der Waals surface area contributed by atoms with Gasteiger partial charge in [0, 0.05) is 5.92 Å². The maximum Gasteiger partial charge on any atom is 0.223 e. The molecule has 3 nitrogen and oxygen atoms in total. The van der Waals surface area contributed by atoms with E-state index in [-0.39, 0.29) is 24.5 Å². The maximum atomic E-state index is 10.8. The summed E-state index contributed by atoms with van der Waals surface area (Å²) < 4.78 is 0. The highest BCUT2D eigenvalue weighted by molar-refractivity contribution is 5.85. The number of piperidine rings is 1. The van der Waals surface area contributed by atoms with Gasteiger partial charge in [-0.15, -0.1) is 0 Å². The smallest absolute Gasteiger partial charge is 0.223 e. The average Bonchev–Trinajstić information content (AvgIpc) is 2.56. The van der Waals surface area contributed by atoms with E-state index in [2.05, 4.69) is 5.32 Å². The van der Waals surface area contributed by atoms with Crippen molar-refractivity contribution in [3.05, 3.63) is 0 Å². The van der Waals surface area contributed by atoms with E-state index >= 15 is 0 Å². The largest absolute Gasteiger partial charge is 0.394 e. The predicted molar refractivity (Wildman–Crippen MR) is 30.6 cm³/mol. The first kappa shape index (κ1) is 5.23. The molecular formula is C6H9NO2. The Morgan fingerprint density at radius 1 is 1.78 bits per heavy atom. The molecule has 2 fully saturated rings. The Kier molecular flexibility index (Phi) is 0.858. The van der Waals surface area contributed by atoms with Gasteiger partial charge in [-0.1, -0.05) is 0 Å². The zero-order chi connectivity index (χ0) is 6.43. The van der Waals surface area contributed by atoms with Crippen LogP contribution in [0.2, 0.25) is 0 Å². The highest BCUT2D eigenvalue weighted by Gasteiger charge is 2.53. The molecule has 3 atom stereocenters. The molecule has 9 heavy (non-hydrogen) atoms. The number of fused-ring (bicyclic) bond motifs is 1. The fourth-order valence-corrected chi connectivity index (χ4v) is 1.54. The van der Waals surface area contributed by atoms with Crippen molar-refractivity contribution in [2.75, 3.05) is 6.61 Å². The monoisotopic (exact) mass is 127 g/mol. The van der Waals surface area contributed by atoms with Gasteiger partial charge in [-0.3, -0.25) is 4.79 Å². The van der Waals surface area contributed by atoms with E-state index in [1.54, 1.807) is 0 Å². The minimum absolute atomic E-state index is 0.0718. The Balaban J connectivity index is 2.08. The van der Waals surface area contributed by atoms with Gasteiger partial charge in [0.15, 0.2) is 0 Å². The van der Waals surface area contributed by atoms with Crippen LogP contribution in [0.25, 0.3) is 0 Å². The summed E-state index contributed by atoms with van der Waals surface area (Å²) in [6, 6.07) is 0.0718. The minimum Gasteiger partial charge on any atom is -0.394 e. The summed E-state index contributed by atoms with van der Waals surface area (Å²) in [5.41, 5.74) is 0. The van der Waals surface area contributed by atoms with Crippen molar-refractivity contribution >= 4 is 5.91 Å². The third kappa shape index (κ3) is 0.580. The first-order chi connectivity index (χ1) is 4.33. The average molecular weight is 127 g/mol. The van der Waals surface area contributed by atoms with E-state index in [1.807, 2.05) is 0 Å². The molecule has 0 aromatic carbocycles. The van der Waals surface area contributed by atoms with Gasteiger partial charge in [0.2, 0.25) is 5.91 Å². The van der Waals surface area contributed by atoms with E-state index in [9.17, 15) is 4.79 Å². The van der Waals surface area contributed by atoms with Crippen LogP contribution in [0.3, 0.4) is 0 Å². The van der Waals surface area contributed by atoms with Gasteiger partial charge < -0.3 is 10.4 Å². The molecule has 2 rings (SSSR count). The Morgan fingerprint density at radius 2 is 2.56 bits per heavy atom. The van der Waals surface area contributed by atoms with Crippen LogP contribution >= 0.6 is 0 Å². The number of hydrogen-bond donors (Lipinski definition) is 2. The van der Waals surface area contributed by atoms with Gasteiger partial charge in [-0.05, 0) is 12.3 Å². The summed E-state index contributed by atoms with van der Waals surface area (Å²) in [7, 11) is 0. The molecule has 2 aliphatic rings. The topological polar surface area (TPSA) is 49.3 Å². The fourth-order valence-electron chi connectivity index (χ4n) is 1.54. The molecule has 1 aliphatic heterocycles. The van der Waals surface area contributed by atoms with Gasteiger partial charge in [0.1, 0.15) is 0 Å². The lowest BCUT2D eigenvalue weighted by Gasteiger charge is -2.07. The molecule has 0 aromatic heterocycles. The zero-order valence-corrected chi connectivity index (χ0v) is 5.00. The second kappa shape index (κ2) is 1.48. The number of nitrogens with one attached hydrogen (secondary N) is 1. The second-order valence-electron chi connectivity index (χ2n) is 2.80. The number of hydrogen-bond acceptors (Lipinski definition) is 2. The van der Waals surface area contributed by atoms with Crippen LogP contribution in [-0.2, 0) is 4.79 Å². The van der Waals surface area contributed by atoms with Crippen molar-refractivity contribution in [2.24, 2.45) is 11.8 Å². The molecule has 1 saturated heterocycles. The van der Waals surface area contributed by atoms with Crippen LogP contribution in [-0.4, -0.2) is 23.7 Å². The van der Waals surface area contributed by atoms with Crippen LogP contribution in [0, 0.1) is 11.8 Å². The summed E-state index contributed by atoms with van der Waals surface area (Å²) >= 11 is 0. The standard InChI is InChI=1S/C6H9NO2/c8-2-5-3-1-4(3)6(9)7-5/h3-5,8H,1-2H2,(H,7,9)/t3-,4+,5-/m0/s1. The molecular weight excluding hydrogens is 118 g/mol. The first-order valence-corrected chi connectivity index (χ1v) is 3.24. The van der Waals surface area contributed by atoms with E-state index in [1.165, 1.54) is 0 Å². The molecule has 0 unspecified atom stereocenters. The summed E-state index contributed by atoms with van der Waals surface area (Å²) in [6.45, 7) is 0.104. The van der Waals surface area contributed by atoms with Crippen molar-refractivity contribution in [1.29, 1.82) is 0 Å². The molecule has 1 heterocycles. The van der Waals surface area contributed by atoms with Gasteiger partial charge in [-0.25, -0.2) is 0 Å². The number of aliphatic hydroxyl groups is 1.